The van der Waals surface area contributed by atoms with Gasteiger partial charge in [0.05, 0.1) is 25.9 Å². The first-order chi connectivity index (χ1) is 16.6. The number of methoxy groups -OCH3 is 1. The predicted octanol–water partition coefficient (Wildman–Crippen LogP) is 5.90. The van der Waals surface area contributed by atoms with Crippen molar-refractivity contribution in [2.45, 2.75) is 38.9 Å². The molecule has 1 aliphatic rings. The molecule has 0 N–H and O–H groups in total. The molecule has 0 unspecified atom stereocenters. The van der Waals surface area contributed by atoms with E-state index in [0.717, 1.165) is 72.3 Å². The Morgan fingerprint density at radius 3 is 2.50 bits per heavy atom. The van der Waals surface area contributed by atoms with E-state index < -0.39 is 0 Å². The summed E-state index contributed by atoms with van der Waals surface area (Å²) >= 11 is 0. The van der Waals surface area contributed by atoms with Crippen LogP contribution in [0.2, 0.25) is 0 Å². The van der Waals surface area contributed by atoms with Gasteiger partial charge in [0.2, 0.25) is 0 Å². The number of ether oxygens (including phenoxy) is 2. The quantitative estimate of drug-likeness (QED) is 0.379. The third kappa shape index (κ3) is 5.47. The summed E-state index contributed by atoms with van der Waals surface area (Å²) in [4.78, 5) is 2.35. The van der Waals surface area contributed by atoms with Crippen LogP contribution in [0.3, 0.4) is 0 Å². The molecule has 0 atom stereocenters. The Morgan fingerprint density at radius 2 is 1.76 bits per heavy atom. The van der Waals surface area contributed by atoms with Crippen LogP contribution in [0, 0.1) is 17.1 Å². The standard InChI is InChI=1S/C29H31FN2O2/c1-32(15-5-8-22-7-3-4-10-29(22)33-2)16-6-9-25-27(18-31)26(17-23-19-34-20-28(23)25)21-11-13-24(30)14-12-21/h3-4,7,10-14,17H,5-6,8-9,15-16,19-20H2,1-2H3. The van der Waals surface area contributed by atoms with Crippen LogP contribution < -0.4 is 4.74 Å². The summed E-state index contributed by atoms with van der Waals surface area (Å²) in [5.41, 5.74) is 7.04. The first kappa shape index (κ1) is 23.9. The molecule has 0 saturated heterocycles. The number of fused-ring (bicyclic) bond motifs is 1. The Labute approximate surface area is 201 Å². The van der Waals surface area contributed by atoms with Crippen LogP contribution >= 0.6 is 0 Å². The van der Waals surface area contributed by atoms with Crippen LogP contribution in [0.1, 0.15) is 40.7 Å². The van der Waals surface area contributed by atoms with Gasteiger partial charge in [0, 0.05) is 5.56 Å². The third-order valence-corrected chi connectivity index (χ3v) is 6.56. The smallest absolute Gasteiger partial charge is 0.123 e. The van der Waals surface area contributed by atoms with Crippen molar-refractivity contribution in [3.63, 3.8) is 0 Å². The number of nitriles is 1. The summed E-state index contributed by atoms with van der Waals surface area (Å²) in [6.45, 7) is 3.07. The maximum Gasteiger partial charge on any atom is 0.123 e. The van der Waals surface area contributed by atoms with Gasteiger partial charge in [0.25, 0.3) is 0 Å². The number of halogens is 1. The summed E-state index contributed by atoms with van der Waals surface area (Å²) in [5.74, 6) is 0.673. The Kier molecular flexibility index (Phi) is 7.95. The lowest BCUT2D eigenvalue weighted by Gasteiger charge is -2.19. The molecule has 0 spiro atoms. The number of aryl methyl sites for hydroxylation is 1. The van der Waals surface area contributed by atoms with Crippen molar-refractivity contribution in [3.05, 3.63) is 88.2 Å². The fourth-order valence-electron chi connectivity index (χ4n) is 4.76. The largest absolute Gasteiger partial charge is 0.496 e. The van der Waals surface area contributed by atoms with Gasteiger partial charge in [-0.2, -0.15) is 5.26 Å². The Balaban J connectivity index is 1.40. The van der Waals surface area contributed by atoms with Gasteiger partial charge in [-0.05, 0) is 97.9 Å². The molecule has 0 saturated carbocycles. The van der Waals surface area contributed by atoms with E-state index in [1.165, 1.54) is 17.7 Å². The van der Waals surface area contributed by atoms with Gasteiger partial charge in [-0.1, -0.05) is 30.3 Å². The zero-order valence-electron chi connectivity index (χ0n) is 19.9. The maximum absolute atomic E-state index is 13.5. The normalized spacial score (nSPS) is 12.6. The lowest BCUT2D eigenvalue weighted by Crippen LogP contribution is -2.22. The Morgan fingerprint density at radius 1 is 1.03 bits per heavy atom. The number of benzene rings is 3. The van der Waals surface area contributed by atoms with Crippen molar-refractivity contribution in [2.24, 2.45) is 0 Å². The molecule has 0 bridgehead atoms. The number of hydrogen-bond donors (Lipinski definition) is 0. The molecule has 3 aromatic rings. The van der Waals surface area contributed by atoms with E-state index in [4.69, 9.17) is 9.47 Å². The van der Waals surface area contributed by atoms with Crippen LogP contribution in [0.4, 0.5) is 4.39 Å². The lowest BCUT2D eigenvalue weighted by atomic mass is 9.88. The Hall–Kier alpha value is -3.20. The minimum absolute atomic E-state index is 0.277. The van der Waals surface area contributed by atoms with Gasteiger partial charge >= 0.3 is 0 Å². The highest BCUT2D eigenvalue weighted by molar-refractivity contribution is 5.74. The molecule has 0 aliphatic carbocycles. The molecule has 0 aromatic heterocycles. The summed E-state index contributed by atoms with van der Waals surface area (Å²) in [6.07, 6.45) is 3.82. The van der Waals surface area contributed by atoms with Gasteiger partial charge in [-0.3, -0.25) is 0 Å². The number of para-hydroxylation sites is 1. The van der Waals surface area contributed by atoms with Gasteiger partial charge < -0.3 is 14.4 Å². The van der Waals surface area contributed by atoms with Crippen molar-refractivity contribution in [1.29, 1.82) is 5.26 Å². The van der Waals surface area contributed by atoms with E-state index in [2.05, 4.69) is 30.1 Å². The molecule has 0 fully saturated rings. The minimum atomic E-state index is -0.277. The predicted molar refractivity (Wildman–Crippen MR) is 132 cm³/mol. The molecule has 34 heavy (non-hydrogen) atoms. The maximum atomic E-state index is 13.5. The highest BCUT2D eigenvalue weighted by Crippen LogP contribution is 2.35. The summed E-state index contributed by atoms with van der Waals surface area (Å²) in [5, 5.41) is 10.0. The van der Waals surface area contributed by atoms with E-state index in [-0.39, 0.29) is 5.82 Å². The number of nitrogens with zero attached hydrogens (tertiary/aromatic N) is 2. The Bertz CT molecular complexity index is 1170. The number of hydrogen-bond acceptors (Lipinski definition) is 4. The molecule has 4 rings (SSSR count). The van der Waals surface area contributed by atoms with E-state index in [9.17, 15) is 9.65 Å². The average molecular weight is 459 g/mol. The monoisotopic (exact) mass is 458 g/mol. The molecular weight excluding hydrogens is 427 g/mol. The van der Waals surface area contributed by atoms with Crippen LogP contribution in [-0.2, 0) is 30.8 Å². The minimum Gasteiger partial charge on any atom is -0.496 e. The first-order valence-corrected chi connectivity index (χ1v) is 11.8. The molecular formula is C29H31FN2O2. The van der Waals surface area contributed by atoms with Crippen molar-refractivity contribution in [1.82, 2.24) is 4.90 Å². The molecule has 0 amide bonds. The molecule has 1 aliphatic heterocycles. The summed E-state index contributed by atoms with van der Waals surface area (Å²) < 4.78 is 24.6. The van der Waals surface area contributed by atoms with Crippen LogP contribution in [0.25, 0.3) is 11.1 Å². The molecule has 5 heteroatoms. The van der Waals surface area contributed by atoms with Gasteiger partial charge in [-0.15, -0.1) is 0 Å². The van der Waals surface area contributed by atoms with Crippen molar-refractivity contribution >= 4 is 0 Å². The molecule has 0 radical (unpaired) electrons. The first-order valence-electron chi connectivity index (χ1n) is 11.8. The lowest BCUT2D eigenvalue weighted by molar-refractivity contribution is 0.134. The fraction of sp³-hybridized carbons (Fsp3) is 0.345. The van der Waals surface area contributed by atoms with E-state index in [1.54, 1.807) is 19.2 Å². The van der Waals surface area contributed by atoms with Crippen LogP contribution in [0.15, 0.2) is 54.6 Å². The zero-order chi connectivity index (χ0) is 23.9. The molecule has 3 aromatic carbocycles. The average Bonchev–Trinajstić information content (AvgIpc) is 3.33. The second-order valence-electron chi connectivity index (χ2n) is 8.85. The van der Waals surface area contributed by atoms with E-state index >= 15 is 0 Å². The highest BCUT2D eigenvalue weighted by Gasteiger charge is 2.22. The van der Waals surface area contributed by atoms with Crippen molar-refractivity contribution in [3.8, 4) is 22.9 Å². The van der Waals surface area contributed by atoms with Crippen molar-refractivity contribution < 1.29 is 13.9 Å². The van der Waals surface area contributed by atoms with Crippen molar-refractivity contribution in [2.75, 3.05) is 27.2 Å². The van der Waals surface area contributed by atoms with E-state index in [0.29, 0.717) is 18.8 Å². The zero-order valence-corrected chi connectivity index (χ0v) is 19.9. The van der Waals surface area contributed by atoms with Crippen LogP contribution in [0.5, 0.6) is 5.75 Å². The topological polar surface area (TPSA) is 45.5 Å². The van der Waals surface area contributed by atoms with Gasteiger partial charge in [0.15, 0.2) is 0 Å². The molecule has 4 nitrogen and oxygen atoms in total. The SMILES string of the molecule is COc1ccccc1CCCN(C)CCCc1c(C#N)c(-c2ccc(F)cc2)cc2c1COC2. The van der Waals surface area contributed by atoms with Gasteiger partial charge in [-0.25, -0.2) is 4.39 Å². The summed E-state index contributed by atoms with van der Waals surface area (Å²) in [7, 11) is 3.86. The van der Waals surface area contributed by atoms with E-state index in [1.807, 2.05) is 18.2 Å². The second kappa shape index (κ2) is 11.3. The molecule has 176 valence electrons. The fourth-order valence-corrected chi connectivity index (χ4v) is 4.76. The third-order valence-electron chi connectivity index (χ3n) is 6.56. The van der Waals surface area contributed by atoms with Gasteiger partial charge in [0.1, 0.15) is 17.6 Å². The number of rotatable bonds is 10. The second-order valence-corrected chi connectivity index (χ2v) is 8.85. The molecule has 1 heterocycles. The van der Waals surface area contributed by atoms with Crippen LogP contribution in [-0.4, -0.2) is 32.1 Å². The summed E-state index contributed by atoms with van der Waals surface area (Å²) in [6, 6.07) is 19.0. The highest BCUT2D eigenvalue weighted by atomic mass is 19.1.